The molecule has 6 heteroatoms. The second-order valence-corrected chi connectivity index (χ2v) is 9.57. The van der Waals surface area contributed by atoms with Crippen LogP contribution in [0, 0.1) is 6.92 Å². The lowest BCUT2D eigenvalue weighted by atomic mass is 9.84. The molecule has 1 amide bonds. The molecule has 1 aliphatic rings. The van der Waals surface area contributed by atoms with Gasteiger partial charge in [-0.3, -0.25) is 9.59 Å². The molecule has 0 saturated carbocycles. The number of methoxy groups -OCH3 is 1. The van der Waals surface area contributed by atoms with E-state index in [1.54, 1.807) is 31.4 Å². The van der Waals surface area contributed by atoms with Gasteiger partial charge in [-0.05, 0) is 59.4 Å². The van der Waals surface area contributed by atoms with Gasteiger partial charge in [0.2, 0.25) is 0 Å². The van der Waals surface area contributed by atoms with E-state index in [4.69, 9.17) is 9.15 Å². The first kappa shape index (κ1) is 23.4. The van der Waals surface area contributed by atoms with E-state index in [0.717, 1.165) is 16.7 Å². The van der Waals surface area contributed by atoms with Gasteiger partial charge in [-0.1, -0.05) is 45.0 Å². The van der Waals surface area contributed by atoms with Gasteiger partial charge in [0.05, 0.1) is 18.9 Å². The first-order valence-corrected chi connectivity index (χ1v) is 11.2. The van der Waals surface area contributed by atoms with E-state index in [1.807, 2.05) is 37.3 Å². The number of amides is 1. The van der Waals surface area contributed by atoms with Crippen LogP contribution in [0.5, 0.6) is 5.75 Å². The molecular weight excluding hydrogens is 430 g/mol. The second kappa shape index (κ2) is 8.86. The molecule has 34 heavy (non-hydrogen) atoms. The van der Waals surface area contributed by atoms with Gasteiger partial charge in [-0.25, -0.2) is 0 Å². The van der Waals surface area contributed by atoms with E-state index < -0.39 is 17.7 Å². The minimum absolute atomic E-state index is 0.0302. The third-order valence-electron chi connectivity index (χ3n) is 6.22. The number of carbonyl (C=O) groups is 2. The maximum absolute atomic E-state index is 13.2. The van der Waals surface area contributed by atoms with E-state index in [1.165, 1.54) is 11.2 Å². The normalized spacial score (nSPS) is 17.9. The highest BCUT2D eigenvalue weighted by Crippen LogP contribution is 2.41. The molecule has 6 nitrogen and oxygen atoms in total. The van der Waals surface area contributed by atoms with Crippen LogP contribution in [0.4, 0.5) is 0 Å². The first-order chi connectivity index (χ1) is 16.1. The summed E-state index contributed by atoms with van der Waals surface area (Å²) in [5.41, 5.74) is 3.06. The molecule has 1 N–H and O–H groups in total. The molecule has 3 aromatic rings. The number of ether oxygens (including phenoxy) is 1. The number of hydrogen-bond acceptors (Lipinski definition) is 5. The minimum atomic E-state index is -0.838. The number of nitrogens with zero attached hydrogens (tertiary/aromatic N) is 1. The molecule has 1 fully saturated rings. The number of carbonyl (C=O) groups excluding carboxylic acids is 2. The Hall–Kier alpha value is -3.80. The summed E-state index contributed by atoms with van der Waals surface area (Å²) >= 11 is 0. The van der Waals surface area contributed by atoms with Gasteiger partial charge >= 0.3 is 0 Å². The van der Waals surface area contributed by atoms with E-state index in [-0.39, 0.29) is 23.3 Å². The van der Waals surface area contributed by atoms with Crippen LogP contribution in [-0.4, -0.2) is 28.8 Å². The van der Waals surface area contributed by atoms with Crippen LogP contribution < -0.4 is 4.74 Å². The van der Waals surface area contributed by atoms with Crippen molar-refractivity contribution in [3.05, 3.63) is 94.4 Å². The Kier molecular flexibility index (Phi) is 6.09. The summed E-state index contributed by atoms with van der Waals surface area (Å²) in [6.07, 6.45) is 1.49. The number of hydrogen-bond donors (Lipinski definition) is 1. The molecule has 0 spiro atoms. The zero-order valence-corrected chi connectivity index (χ0v) is 20.1. The zero-order valence-electron chi connectivity index (χ0n) is 20.1. The molecule has 1 aliphatic heterocycles. The highest BCUT2D eigenvalue weighted by atomic mass is 16.5. The van der Waals surface area contributed by atoms with Crippen LogP contribution in [0.25, 0.3) is 5.76 Å². The second-order valence-electron chi connectivity index (χ2n) is 9.57. The fourth-order valence-corrected chi connectivity index (χ4v) is 4.20. The smallest absolute Gasteiger partial charge is 0.296 e. The van der Waals surface area contributed by atoms with Gasteiger partial charge in [0.1, 0.15) is 23.3 Å². The van der Waals surface area contributed by atoms with Crippen molar-refractivity contribution in [2.75, 3.05) is 7.11 Å². The standard InChI is InChI=1S/C28H29NO5/c1-17-8-11-19(28(2,3)4)15-21(17)25(30)23-24(22-7-6-14-34-22)29(27(32)26(23)31)16-18-9-12-20(33-5)13-10-18/h6-15,24,30H,16H2,1-5H3/b25-23+. The van der Waals surface area contributed by atoms with E-state index >= 15 is 0 Å². The molecule has 176 valence electrons. The molecule has 4 rings (SSSR count). The van der Waals surface area contributed by atoms with Gasteiger partial charge in [0.15, 0.2) is 0 Å². The Morgan fingerprint density at radius 1 is 1.09 bits per heavy atom. The van der Waals surface area contributed by atoms with Crippen molar-refractivity contribution in [3.8, 4) is 5.75 Å². The van der Waals surface area contributed by atoms with Gasteiger partial charge in [-0.2, -0.15) is 0 Å². The third-order valence-corrected chi connectivity index (χ3v) is 6.22. The Morgan fingerprint density at radius 3 is 2.38 bits per heavy atom. The van der Waals surface area contributed by atoms with E-state index in [0.29, 0.717) is 17.1 Å². The number of furan rings is 1. The quantitative estimate of drug-likeness (QED) is 0.309. The Balaban J connectivity index is 1.84. The largest absolute Gasteiger partial charge is 0.507 e. The summed E-state index contributed by atoms with van der Waals surface area (Å²) < 4.78 is 10.8. The molecule has 2 heterocycles. The molecule has 0 aliphatic carbocycles. The van der Waals surface area contributed by atoms with Crippen molar-refractivity contribution in [2.45, 2.75) is 45.7 Å². The van der Waals surface area contributed by atoms with Crippen LogP contribution >= 0.6 is 0 Å². The average molecular weight is 460 g/mol. The fraction of sp³-hybridized carbons (Fsp3) is 0.286. The summed E-state index contributed by atoms with van der Waals surface area (Å²) in [6, 6.07) is 15.7. The highest BCUT2D eigenvalue weighted by Gasteiger charge is 2.47. The predicted molar refractivity (Wildman–Crippen MR) is 129 cm³/mol. The Bertz CT molecular complexity index is 1250. The Labute approximate surface area is 199 Å². The van der Waals surface area contributed by atoms with Gasteiger partial charge in [-0.15, -0.1) is 0 Å². The SMILES string of the molecule is COc1ccc(CN2C(=O)C(=O)/C(=C(/O)c3cc(C(C)(C)C)ccc3C)C2c2ccco2)cc1. The first-order valence-electron chi connectivity index (χ1n) is 11.2. The van der Waals surface area contributed by atoms with Crippen molar-refractivity contribution in [2.24, 2.45) is 0 Å². The Morgan fingerprint density at radius 2 is 1.79 bits per heavy atom. The van der Waals surface area contributed by atoms with E-state index in [2.05, 4.69) is 20.8 Å². The third kappa shape index (κ3) is 4.23. The maximum atomic E-state index is 13.2. The number of ketones is 1. The molecule has 2 aromatic carbocycles. The number of aliphatic hydroxyl groups is 1. The van der Waals surface area contributed by atoms with Crippen LogP contribution in [0.1, 0.15) is 54.8 Å². The minimum Gasteiger partial charge on any atom is -0.507 e. The summed E-state index contributed by atoms with van der Waals surface area (Å²) in [4.78, 5) is 27.9. The number of aryl methyl sites for hydroxylation is 1. The highest BCUT2D eigenvalue weighted by molar-refractivity contribution is 6.46. The molecular formula is C28H29NO5. The number of rotatable bonds is 5. The lowest BCUT2D eigenvalue weighted by Crippen LogP contribution is -2.29. The van der Waals surface area contributed by atoms with E-state index in [9.17, 15) is 14.7 Å². The number of likely N-dealkylation sites (tertiary alicyclic amines) is 1. The average Bonchev–Trinajstić information content (AvgIpc) is 3.41. The molecule has 1 unspecified atom stereocenters. The summed E-state index contributed by atoms with van der Waals surface area (Å²) in [6.45, 7) is 8.29. The van der Waals surface area contributed by atoms with Crippen LogP contribution in [0.15, 0.2) is 70.9 Å². The van der Waals surface area contributed by atoms with Crippen molar-refractivity contribution >= 4 is 17.4 Å². The van der Waals surface area contributed by atoms with Crippen molar-refractivity contribution in [1.29, 1.82) is 0 Å². The predicted octanol–water partition coefficient (Wildman–Crippen LogP) is 5.52. The van der Waals surface area contributed by atoms with Gasteiger partial charge < -0.3 is 19.2 Å². The molecule has 0 bridgehead atoms. The maximum Gasteiger partial charge on any atom is 0.296 e. The summed E-state index contributed by atoms with van der Waals surface area (Å²) in [5, 5.41) is 11.4. The topological polar surface area (TPSA) is 80.0 Å². The summed E-state index contributed by atoms with van der Waals surface area (Å²) in [5.74, 6) is -0.488. The number of Topliss-reactive ketones (excluding diaryl/α,β-unsaturated/α-hetero) is 1. The zero-order chi connectivity index (χ0) is 24.6. The van der Waals surface area contributed by atoms with Crippen LogP contribution in [0.3, 0.4) is 0 Å². The van der Waals surface area contributed by atoms with Crippen LogP contribution in [0.2, 0.25) is 0 Å². The van der Waals surface area contributed by atoms with Gasteiger partial charge in [0, 0.05) is 12.1 Å². The van der Waals surface area contributed by atoms with Crippen LogP contribution in [-0.2, 0) is 21.5 Å². The molecule has 1 atom stereocenters. The lowest BCUT2D eigenvalue weighted by Gasteiger charge is -2.24. The summed E-state index contributed by atoms with van der Waals surface area (Å²) in [7, 11) is 1.58. The van der Waals surface area contributed by atoms with Crippen molar-refractivity contribution in [1.82, 2.24) is 4.90 Å². The number of aliphatic hydroxyl groups excluding tert-OH is 1. The lowest BCUT2D eigenvalue weighted by molar-refractivity contribution is -0.140. The van der Waals surface area contributed by atoms with Crippen molar-refractivity contribution in [3.63, 3.8) is 0 Å². The molecule has 1 aromatic heterocycles. The fourth-order valence-electron chi connectivity index (χ4n) is 4.20. The monoisotopic (exact) mass is 459 g/mol. The molecule has 1 saturated heterocycles. The number of benzene rings is 2. The van der Waals surface area contributed by atoms with Crippen molar-refractivity contribution < 1.29 is 23.8 Å². The van der Waals surface area contributed by atoms with Gasteiger partial charge in [0.25, 0.3) is 11.7 Å². The molecule has 0 radical (unpaired) electrons.